The SMILES string of the molecule is CC(C)=CCC/C(C)=C/CC/C(C)=C/CC/C=C(\C)CC[C@@H](O)[C@](C)(O)CCC=C(C)C. The molecule has 2 heteroatoms. The molecule has 0 saturated carbocycles. The van der Waals surface area contributed by atoms with Gasteiger partial charge in [-0.25, -0.2) is 0 Å². The van der Waals surface area contributed by atoms with Crippen molar-refractivity contribution in [1.29, 1.82) is 0 Å². The zero-order valence-electron chi connectivity index (χ0n) is 22.4. The van der Waals surface area contributed by atoms with Gasteiger partial charge in [0.2, 0.25) is 0 Å². The van der Waals surface area contributed by atoms with Gasteiger partial charge in [-0.2, -0.15) is 0 Å². The highest BCUT2D eigenvalue weighted by Gasteiger charge is 2.28. The summed E-state index contributed by atoms with van der Waals surface area (Å²) in [4.78, 5) is 0. The van der Waals surface area contributed by atoms with Crippen LogP contribution in [0.3, 0.4) is 0 Å². The maximum absolute atomic E-state index is 10.5. The smallest absolute Gasteiger partial charge is 0.0880 e. The lowest BCUT2D eigenvalue weighted by Gasteiger charge is -2.29. The quantitative estimate of drug-likeness (QED) is 0.184. The van der Waals surface area contributed by atoms with Crippen LogP contribution < -0.4 is 0 Å². The van der Waals surface area contributed by atoms with E-state index >= 15 is 0 Å². The van der Waals surface area contributed by atoms with Gasteiger partial charge in [0.25, 0.3) is 0 Å². The molecule has 2 atom stereocenters. The van der Waals surface area contributed by atoms with Crippen LogP contribution in [0, 0.1) is 0 Å². The van der Waals surface area contributed by atoms with Gasteiger partial charge in [-0.15, -0.1) is 0 Å². The van der Waals surface area contributed by atoms with Crippen molar-refractivity contribution in [2.75, 3.05) is 0 Å². The normalized spacial score (nSPS) is 15.9. The highest BCUT2D eigenvalue weighted by molar-refractivity contribution is 5.06. The minimum Gasteiger partial charge on any atom is -0.390 e. The van der Waals surface area contributed by atoms with Gasteiger partial charge >= 0.3 is 0 Å². The van der Waals surface area contributed by atoms with E-state index in [-0.39, 0.29) is 0 Å². The summed E-state index contributed by atoms with van der Waals surface area (Å²) in [5, 5.41) is 21.0. The molecule has 2 nitrogen and oxygen atoms in total. The van der Waals surface area contributed by atoms with Crippen LogP contribution in [0.5, 0.6) is 0 Å². The van der Waals surface area contributed by atoms with Crippen molar-refractivity contribution in [2.24, 2.45) is 0 Å². The fraction of sp³-hybridized carbons (Fsp3) is 0.667. The van der Waals surface area contributed by atoms with Gasteiger partial charge in [-0.3, -0.25) is 0 Å². The Bertz CT molecular complexity index is 663. The predicted molar refractivity (Wildman–Crippen MR) is 143 cm³/mol. The topological polar surface area (TPSA) is 40.5 Å². The van der Waals surface area contributed by atoms with Gasteiger partial charge in [-0.1, -0.05) is 58.2 Å². The lowest BCUT2D eigenvalue weighted by molar-refractivity contribution is -0.0691. The standard InChI is InChI=1S/C30H52O2/c1-24(2)14-11-18-27(6)20-12-19-26(5)16-9-10-17-28(7)21-22-29(31)30(8,32)23-13-15-25(3)4/h14-17,20,29,31-32H,9-13,18-19,21-23H2,1-8H3/b26-16+,27-20+,28-17+/t29-,30-/m1/s1. The second kappa shape index (κ2) is 17.1. The Balaban J connectivity index is 4.22. The molecule has 0 unspecified atom stereocenters. The van der Waals surface area contributed by atoms with Crippen LogP contribution in [0.4, 0.5) is 0 Å². The number of aliphatic hydroxyl groups is 2. The van der Waals surface area contributed by atoms with Crippen LogP contribution in [-0.2, 0) is 0 Å². The second-order valence-corrected chi connectivity index (χ2v) is 10.3. The summed E-state index contributed by atoms with van der Waals surface area (Å²) >= 11 is 0. The molecule has 0 aliphatic heterocycles. The van der Waals surface area contributed by atoms with Crippen molar-refractivity contribution in [3.63, 3.8) is 0 Å². The average molecular weight is 445 g/mol. The zero-order valence-corrected chi connectivity index (χ0v) is 22.4. The molecule has 0 aromatic heterocycles. The summed E-state index contributed by atoms with van der Waals surface area (Å²) in [6, 6.07) is 0. The predicted octanol–water partition coefficient (Wildman–Crippen LogP) is 8.77. The van der Waals surface area contributed by atoms with Crippen LogP contribution >= 0.6 is 0 Å². The summed E-state index contributed by atoms with van der Waals surface area (Å²) in [5.74, 6) is 0. The Morgan fingerprint density at radius 2 is 1.03 bits per heavy atom. The molecular weight excluding hydrogens is 392 g/mol. The minimum absolute atomic E-state index is 0.594. The van der Waals surface area contributed by atoms with Gasteiger partial charge in [0.1, 0.15) is 0 Å². The van der Waals surface area contributed by atoms with E-state index in [9.17, 15) is 10.2 Å². The molecule has 0 bridgehead atoms. The van der Waals surface area contributed by atoms with Crippen LogP contribution in [0.1, 0.15) is 120 Å². The highest BCUT2D eigenvalue weighted by Crippen LogP contribution is 2.23. The van der Waals surface area contributed by atoms with Crippen molar-refractivity contribution in [3.8, 4) is 0 Å². The van der Waals surface area contributed by atoms with Gasteiger partial charge in [0, 0.05) is 0 Å². The van der Waals surface area contributed by atoms with Crippen LogP contribution in [-0.4, -0.2) is 21.9 Å². The largest absolute Gasteiger partial charge is 0.390 e. The van der Waals surface area contributed by atoms with E-state index in [1.165, 1.54) is 27.9 Å². The third-order valence-electron chi connectivity index (χ3n) is 6.01. The molecule has 0 radical (unpaired) electrons. The fourth-order valence-electron chi connectivity index (χ4n) is 3.60. The summed E-state index contributed by atoms with van der Waals surface area (Å²) < 4.78 is 0. The molecule has 0 rings (SSSR count). The molecule has 32 heavy (non-hydrogen) atoms. The van der Waals surface area contributed by atoms with Crippen molar-refractivity contribution in [1.82, 2.24) is 0 Å². The summed E-state index contributed by atoms with van der Waals surface area (Å²) in [6.45, 7) is 16.8. The first-order valence-electron chi connectivity index (χ1n) is 12.6. The minimum atomic E-state index is -1.02. The molecule has 0 aliphatic carbocycles. The molecule has 2 N–H and O–H groups in total. The molecular formula is C30H52O2. The van der Waals surface area contributed by atoms with Gasteiger partial charge in [0.05, 0.1) is 11.7 Å². The fourth-order valence-corrected chi connectivity index (χ4v) is 3.60. The maximum Gasteiger partial charge on any atom is 0.0880 e. The maximum atomic E-state index is 10.5. The van der Waals surface area contributed by atoms with Crippen molar-refractivity contribution in [3.05, 3.63) is 58.2 Å². The Morgan fingerprint density at radius 1 is 0.625 bits per heavy atom. The monoisotopic (exact) mass is 444 g/mol. The van der Waals surface area contributed by atoms with E-state index in [2.05, 4.69) is 78.8 Å². The molecule has 0 heterocycles. The van der Waals surface area contributed by atoms with Crippen molar-refractivity contribution < 1.29 is 10.2 Å². The van der Waals surface area contributed by atoms with Gasteiger partial charge in [-0.05, 0) is 120 Å². The number of allylic oxidation sites excluding steroid dienone is 10. The van der Waals surface area contributed by atoms with E-state index in [0.717, 1.165) is 51.4 Å². The molecule has 184 valence electrons. The van der Waals surface area contributed by atoms with Gasteiger partial charge in [0.15, 0.2) is 0 Å². The zero-order chi connectivity index (χ0) is 24.6. The molecule has 0 fully saturated rings. The first-order valence-corrected chi connectivity index (χ1v) is 12.6. The van der Waals surface area contributed by atoms with E-state index in [1.807, 2.05) is 0 Å². The molecule has 0 aliphatic rings. The van der Waals surface area contributed by atoms with Crippen LogP contribution in [0.25, 0.3) is 0 Å². The lowest BCUT2D eigenvalue weighted by atomic mass is 9.89. The third kappa shape index (κ3) is 17.2. The number of aliphatic hydroxyl groups excluding tert-OH is 1. The van der Waals surface area contributed by atoms with E-state index < -0.39 is 11.7 Å². The van der Waals surface area contributed by atoms with Crippen LogP contribution in [0.15, 0.2) is 58.2 Å². The third-order valence-corrected chi connectivity index (χ3v) is 6.01. The van der Waals surface area contributed by atoms with E-state index in [1.54, 1.807) is 6.92 Å². The molecule has 0 amide bonds. The van der Waals surface area contributed by atoms with Crippen LogP contribution in [0.2, 0.25) is 0 Å². The Labute approximate surface area is 199 Å². The molecule has 0 aromatic carbocycles. The Hall–Kier alpha value is -1.38. The van der Waals surface area contributed by atoms with E-state index in [0.29, 0.717) is 12.8 Å². The van der Waals surface area contributed by atoms with Crippen molar-refractivity contribution >= 4 is 0 Å². The van der Waals surface area contributed by atoms with Gasteiger partial charge < -0.3 is 10.2 Å². The first-order chi connectivity index (χ1) is 14.9. The first kappa shape index (κ1) is 30.6. The average Bonchev–Trinajstić information content (AvgIpc) is 2.68. The number of rotatable bonds is 16. The molecule has 0 aromatic rings. The summed E-state index contributed by atoms with van der Waals surface area (Å²) in [5.41, 5.74) is 5.88. The summed E-state index contributed by atoms with van der Waals surface area (Å²) in [6.07, 6.45) is 20.3. The Morgan fingerprint density at radius 3 is 1.53 bits per heavy atom. The number of hydrogen-bond acceptors (Lipinski definition) is 2. The highest BCUT2D eigenvalue weighted by atomic mass is 16.3. The number of hydrogen-bond donors (Lipinski definition) is 2. The molecule has 0 spiro atoms. The summed E-state index contributed by atoms with van der Waals surface area (Å²) in [7, 11) is 0. The van der Waals surface area contributed by atoms with Crippen molar-refractivity contribution in [2.45, 2.75) is 131 Å². The second-order valence-electron chi connectivity index (χ2n) is 10.3. The Kier molecular flexibility index (Phi) is 16.4. The lowest BCUT2D eigenvalue weighted by Crippen LogP contribution is -2.39. The van der Waals surface area contributed by atoms with E-state index in [4.69, 9.17) is 0 Å². The molecule has 0 saturated heterocycles. The number of unbranched alkanes of at least 4 members (excludes halogenated alkanes) is 1.